The summed E-state index contributed by atoms with van der Waals surface area (Å²) in [6.45, 7) is 2.26. The van der Waals surface area contributed by atoms with Gasteiger partial charge in [0.05, 0.1) is 5.54 Å². The zero-order valence-corrected chi connectivity index (χ0v) is 11.0. The van der Waals surface area contributed by atoms with Gasteiger partial charge in [0.2, 0.25) is 11.7 Å². The normalized spacial score (nSPS) is 27.4. The summed E-state index contributed by atoms with van der Waals surface area (Å²) in [5, 5.41) is 4.03. The number of rotatable bonds is 2. The lowest BCUT2D eigenvalue weighted by Crippen LogP contribution is -2.40. The quantitative estimate of drug-likeness (QED) is 0.895. The molecule has 2 N–H and O–H groups in total. The van der Waals surface area contributed by atoms with Gasteiger partial charge in [0.25, 0.3) is 0 Å². The van der Waals surface area contributed by atoms with Crippen LogP contribution >= 0.6 is 0 Å². The Hall–Kier alpha value is -1.75. The molecule has 1 fully saturated rings. The standard InChI is InChI=1S/C14H18N4O/c1-10-2-6-14(15,7-3-10)13-17-12(18-19-13)11-4-8-16-9-5-11/h4-5,8-10H,2-3,6-7,15H2,1H3. The van der Waals surface area contributed by atoms with Gasteiger partial charge in [-0.05, 0) is 43.7 Å². The molecule has 0 spiro atoms. The number of aromatic nitrogens is 3. The SMILES string of the molecule is CC1CCC(N)(c2nc(-c3ccncc3)no2)CC1. The van der Waals surface area contributed by atoms with Crippen molar-refractivity contribution >= 4 is 0 Å². The Kier molecular flexibility index (Phi) is 3.06. The van der Waals surface area contributed by atoms with Gasteiger partial charge in [-0.2, -0.15) is 4.98 Å². The van der Waals surface area contributed by atoms with E-state index in [-0.39, 0.29) is 0 Å². The van der Waals surface area contributed by atoms with Crippen LogP contribution in [0.25, 0.3) is 11.4 Å². The molecule has 3 rings (SSSR count). The third-order valence-corrected chi connectivity index (χ3v) is 3.96. The second-order valence-corrected chi connectivity index (χ2v) is 5.50. The highest BCUT2D eigenvalue weighted by Crippen LogP contribution is 2.37. The number of pyridine rings is 1. The Morgan fingerprint density at radius 3 is 2.63 bits per heavy atom. The second-order valence-electron chi connectivity index (χ2n) is 5.50. The number of hydrogen-bond donors (Lipinski definition) is 1. The predicted octanol–water partition coefficient (Wildman–Crippen LogP) is 2.50. The van der Waals surface area contributed by atoms with Crippen molar-refractivity contribution in [1.82, 2.24) is 15.1 Å². The van der Waals surface area contributed by atoms with Crippen molar-refractivity contribution < 1.29 is 4.52 Å². The van der Waals surface area contributed by atoms with E-state index in [1.165, 1.54) is 0 Å². The Morgan fingerprint density at radius 1 is 1.26 bits per heavy atom. The lowest BCUT2D eigenvalue weighted by molar-refractivity contribution is 0.190. The van der Waals surface area contributed by atoms with Crippen molar-refractivity contribution in [2.75, 3.05) is 0 Å². The summed E-state index contributed by atoms with van der Waals surface area (Å²) in [5.74, 6) is 1.88. The highest BCUT2D eigenvalue weighted by atomic mass is 16.5. The molecular formula is C14H18N4O. The maximum Gasteiger partial charge on any atom is 0.247 e. The maximum absolute atomic E-state index is 6.43. The summed E-state index contributed by atoms with van der Waals surface area (Å²) < 4.78 is 5.39. The van der Waals surface area contributed by atoms with E-state index < -0.39 is 5.54 Å². The van der Waals surface area contributed by atoms with Crippen LogP contribution in [0.2, 0.25) is 0 Å². The zero-order chi connectivity index (χ0) is 13.3. The minimum atomic E-state index is -0.454. The molecule has 2 aromatic rings. The van der Waals surface area contributed by atoms with Crippen LogP contribution in [0.1, 0.15) is 38.5 Å². The number of nitrogens with two attached hydrogens (primary N) is 1. The molecule has 5 nitrogen and oxygen atoms in total. The Labute approximate surface area is 112 Å². The number of hydrogen-bond acceptors (Lipinski definition) is 5. The van der Waals surface area contributed by atoms with Crippen molar-refractivity contribution in [2.45, 2.75) is 38.1 Å². The molecule has 1 aliphatic carbocycles. The molecule has 1 saturated carbocycles. The van der Waals surface area contributed by atoms with Gasteiger partial charge >= 0.3 is 0 Å². The third kappa shape index (κ3) is 2.38. The molecule has 0 atom stereocenters. The fourth-order valence-electron chi connectivity index (χ4n) is 2.54. The van der Waals surface area contributed by atoms with E-state index in [1.807, 2.05) is 12.1 Å². The van der Waals surface area contributed by atoms with E-state index in [9.17, 15) is 0 Å². The van der Waals surface area contributed by atoms with E-state index in [4.69, 9.17) is 10.3 Å². The first-order chi connectivity index (χ1) is 9.17. The van der Waals surface area contributed by atoms with E-state index in [0.717, 1.165) is 37.2 Å². The molecule has 0 amide bonds. The first-order valence-corrected chi connectivity index (χ1v) is 6.71. The monoisotopic (exact) mass is 258 g/mol. The Morgan fingerprint density at radius 2 is 1.95 bits per heavy atom. The largest absolute Gasteiger partial charge is 0.337 e. The van der Waals surface area contributed by atoms with Gasteiger partial charge in [-0.15, -0.1) is 0 Å². The molecule has 19 heavy (non-hydrogen) atoms. The molecule has 5 heteroatoms. The molecule has 0 bridgehead atoms. The van der Waals surface area contributed by atoms with E-state index in [2.05, 4.69) is 22.0 Å². The number of nitrogens with zero attached hydrogens (tertiary/aromatic N) is 3. The van der Waals surface area contributed by atoms with Crippen molar-refractivity contribution in [1.29, 1.82) is 0 Å². The fraction of sp³-hybridized carbons (Fsp3) is 0.500. The zero-order valence-electron chi connectivity index (χ0n) is 11.0. The van der Waals surface area contributed by atoms with Crippen LogP contribution in [0, 0.1) is 5.92 Å². The maximum atomic E-state index is 6.43. The molecule has 0 radical (unpaired) electrons. The summed E-state index contributed by atoms with van der Waals surface area (Å²) in [7, 11) is 0. The van der Waals surface area contributed by atoms with E-state index in [0.29, 0.717) is 11.7 Å². The van der Waals surface area contributed by atoms with Crippen LogP contribution in [0.15, 0.2) is 29.0 Å². The van der Waals surface area contributed by atoms with Gasteiger partial charge in [-0.3, -0.25) is 4.98 Å². The molecule has 2 heterocycles. The van der Waals surface area contributed by atoms with E-state index in [1.54, 1.807) is 12.4 Å². The lowest BCUT2D eigenvalue weighted by atomic mass is 9.78. The van der Waals surface area contributed by atoms with Crippen LogP contribution in [0.3, 0.4) is 0 Å². The molecular weight excluding hydrogens is 240 g/mol. The fourth-order valence-corrected chi connectivity index (χ4v) is 2.54. The second kappa shape index (κ2) is 4.74. The average molecular weight is 258 g/mol. The summed E-state index contributed by atoms with van der Waals surface area (Å²) in [6.07, 6.45) is 7.48. The van der Waals surface area contributed by atoms with E-state index >= 15 is 0 Å². The van der Waals surface area contributed by atoms with Gasteiger partial charge in [0, 0.05) is 18.0 Å². The van der Waals surface area contributed by atoms with Crippen molar-refractivity contribution in [3.63, 3.8) is 0 Å². The highest BCUT2D eigenvalue weighted by molar-refractivity contribution is 5.52. The molecule has 0 unspecified atom stereocenters. The summed E-state index contributed by atoms with van der Waals surface area (Å²) >= 11 is 0. The van der Waals surface area contributed by atoms with Crippen molar-refractivity contribution in [2.24, 2.45) is 11.7 Å². The Bertz CT molecular complexity index is 544. The van der Waals surface area contributed by atoms with Crippen LogP contribution in [-0.2, 0) is 5.54 Å². The molecule has 0 aromatic carbocycles. The first-order valence-electron chi connectivity index (χ1n) is 6.71. The minimum Gasteiger partial charge on any atom is -0.337 e. The first kappa shape index (κ1) is 12.3. The lowest BCUT2D eigenvalue weighted by Gasteiger charge is -2.32. The van der Waals surface area contributed by atoms with Crippen LogP contribution in [0.4, 0.5) is 0 Å². The topological polar surface area (TPSA) is 77.8 Å². The van der Waals surface area contributed by atoms with Gasteiger partial charge < -0.3 is 10.3 Å². The minimum absolute atomic E-state index is 0.454. The molecule has 0 aliphatic heterocycles. The van der Waals surface area contributed by atoms with Gasteiger partial charge in [-0.1, -0.05) is 12.1 Å². The smallest absolute Gasteiger partial charge is 0.247 e. The average Bonchev–Trinajstić information content (AvgIpc) is 2.94. The predicted molar refractivity (Wildman–Crippen MR) is 71.0 cm³/mol. The van der Waals surface area contributed by atoms with Gasteiger partial charge in [0.1, 0.15) is 0 Å². The van der Waals surface area contributed by atoms with Crippen LogP contribution < -0.4 is 5.73 Å². The van der Waals surface area contributed by atoms with Gasteiger partial charge in [-0.25, -0.2) is 0 Å². The molecule has 100 valence electrons. The van der Waals surface area contributed by atoms with Crippen LogP contribution in [-0.4, -0.2) is 15.1 Å². The Balaban J connectivity index is 1.85. The van der Waals surface area contributed by atoms with Crippen LogP contribution in [0.5, 0.6) is 0 Å². The summed E-state index contributed by atoms with van der Waals surface area (Å²) in [6, 6.07) is 3.72. The van der Waals surface area contributed by atoms with Gasteiger partial charge in [0.15, 0.2) is 0 Å². The summed E-state index contributed by atoms with van der Waals surface area (Å²) in [4.78, 5) is 8.45. The molecule has 0 saturated heterocycles. The van der Waals surface area contributed by atoms with Crippen molar-refractivity contribution in [3.8, 4) is 11.4 Å². The highest BCUT2D eigenvalue weighted by Gasteiger charge is 2.37. The molecule has 1 aliphatic rings. The van der Waals surface area contributed by atoms with Crippen molar-refractivity contribution in [3.05, 3.63) is 30.4 Å². The third-order valence-electron chi connectivity index (χ3n) is 3.96. The molecule has 2 aromatic heterocycles. The summed E-state index contributed by atoms with van der Waals surface area (Å²) in [5.41, 5.74) is 6.87.